The fourth-order valence-electron chi connectivity index (χ4n) is 2.19. The lowest BCUT2D eigenvalue weighted by atomic mass is 10.2. The Hall–Kier alpha value is -2.82. The van der Waals surface area contributed by atoms with E-state index in [-0.39, 0.29) is 17.6 Å². The van der Waals surface area contributed by atoms with Gasteiger partial charge in [0.05, 0.1) is 18.3 Å². The Labute approximate surface area is 120 Å². The highest BCUT2D eigenvalue weighted by Gasteiger charge is 2.18. The zero-order valence-electron chi connectivity index (χ0n) is 11.4. The first kappa shape index (κ1) is 13.2. The number of carbonyl (C=O) groups is 1. The van der Waals surface area contributed by atoms with Crippen molar-refractivity contribution in [2.24, 2.45) is 0 Å². The van der Waals surface area contributed by atoms with Gasteiger partial charge in [-0.2, -0.15) is 0 Å². The van der Waals surface area contributed by atoms with Crippen LogP contribution in [0.25, 0.3) is 16.8 Å². The highest BCUT2D eigenvalue weighted by atomic mass is 16.5. The largest absolute Gasteiger partial charge is 0.462 e. The fourth-order valence-corrected chi connectivity index (χ4v) is 2.19. The predicted molar refractivity (Wildman–Crippen MR) is 77.8 cm³/mol. The summed E-state index contributed by atoms with van der Waals surface area (Å²) in [5, 5.41) is 0.351. The van der Waals surface area contributed by atoms with E-state index in [9.17, 15) is 9.59 Å². The van der Waals surface area contributed by atoms with Crippen LogP contribution in [-0.4, -0.2) is 17.1 Å². The number of esters is 1. The third-order valence-electron chi connectivity index (χ3n) is 3.14. The van der Waals surface area contributed by atoms with Crippen LogP contribution in [0.1, 0.15) is 17.3 Å². The zero-order chi connectivity index (χ0) is 14.8. The number of hydrogen-bond acceptors (Lipinski definition) is 4. The van der Waals surface area contributed by atoms with Crippen molar-refractivity contribution in [3.63, 3.8) is 0 Å². The number of benzene rings is 1. The number of furan rings is 1. The van der Waals surface area contributed by atoms with Crippen molar-refractivity contribution < 1.29 is 13.9 Å². The molecule has 0 radical (unpaired) electrons. The molecule has 0 aliphatic heterocycles. The van der Waals surface area contributed by atoms with E-state index < -0.39 is 5.97 Å². The van der Waals surface area contributed by atoms with Gasteiger partial charge < -0.3 is 9.15 Å². The summed E-state index contributed by atoms with van der Waals surface area (Å²) >= 11 is 0. The molecule has 3 aromatic rings. The number of ether oxygens (including phenoxy) is 1. The zero-order valence-corrected chi connectivity index (χ0v) is 11.4. The van der Waals surface area contributed by atoms with Gasteiger partial charge in [-0.1, -0.05) is 18.2 Å². The standard InChI is InChI=1S/C16H13NO4/c1-2-20-16(19)13-10-17(11-6-4-3-5-7-11)15-12(14(13)18)8-9-21-15/h3-10H,2H2,1H3. The molecule has 106 valence electrons. The van der Waals surface area contributed by atoms with Crippen LogP contribution in [0, 0.1) is 0 Å². The number of carbonyl (C=O) groups excluding carboxylic acids is 1. The quantitative estimate of drug-likeness (QED) is 0.693. The summed E-state index contributed by atoms with van der Waals surface area (Å²) in [5.74, 6) is -0.629. The summed E-state index contributed by atoms with van der Waals surface area (Å²) in [6, 6.07) is 10.9. The van der Waals surface area contributed by atoms with Gasteiger partial charge in [-0.15, -0.1) is 0 Å². The average Bonchev–Trinajstić information content (AvgIpc) is 2.99. The third kappa shape index (κ3) is 2.23. The van der Waals surface area contributed by atoms with Gasteiger partial charge in [0.1, 0.15) is 5.56 Å². The Morgan fingerprint density at radius 1 is 1.24 bits per heavy atom. The van der Waals surface area contributed by atoms with Crippen molar-refractivity contribution in [2.75, 3.05) is 6.61 Å². The van der Waals surface area contributed by atoms with E-state index in [0.29, 0.717) is 11.1 Å². The van der Waals surface area contributed by atoms with E-state index in [2.05, 4.69) is 0 Å². The average molecular weight is 283 g/mol. The molecule has 2 heterocycles. The van der Waals surface area contributed by atoms with Gasteiger partial charge in [-0.25, -0.2) is 4.79 Å². The van der Waals surface area contributed by atoms with E-state index in [4.69, 9.17) is 9.15 Å². The van der Waals surface area contributed by atoms with Crippen molar-refractivity contribution in [3.8, 4) is 5.69 Å². The summed E-state index contributed by atoms with van der Waals surface area (Å²) in [5.41, 5.74) is 0.807. The Morgan fingerprint density at radius 2 is 2.00 bits per heavy atom. The van der Waals surface area contributed by atoms with Gasteiger partial charge >= 0.3 is 5.97 Å². The molecule has 0 saturated carbocycles. The maximum absolute atomic E-state index is 12.3. The monoisotopic (exact) mass is 283 g/mol. The molecule has 3 rings (SSSR count). The van der Waals surface area contributed by atoms with E-state index in [1.807, 2.05) is 30.3 Å². The van der Waals surface area contributed by atoms with Gasteiger partial charge in [-0.3, -0.25) is 9.36 Å². The molecule has 2 aromatic heterocycles. The van der Waals surface area contributed by atoms with Gasteiger partial charge in [0, 0.05) is 11.9 Å². The maximum Gasteiger partial charge on any atom is 0.343 e. The van der Waals surface area contributed by atoms with Crippen molar-refractivity contribution >= 4 is 17.1 Å². The van der Waals surface area contributed by atoms with Gasteiger partial charge in [0.2, 0.25) is 11.1 Å². The topological polar surface area (TPSA) is 61.4 Å². The molecule has 5 heteroatoms. The van der Waals surface area contributed by atoms with Crippen LogP contribution in [-0.2, 0) is 4.74 Å². The van der Waals surface area contributed by atoms with Crippen LogP contribution >= 0.6 is 0 Å². The normalized spacial score (nSPS) is 10.7. The fraction of sp³-hybridized carbons (Fsp3) is 0.125. The summed E-state index contributed by atoms with van der Waals surface area (Å²) in [7, 11) is 0. The summed E-state index contributed by atoms with van der Waals surface area (Å²) < 4.78 is 12.0. The Kier molecular flexibility index (Phi) is 3.31. The van der Waals surface area contributed by atoms with Crippen molar-refractivity contribution in [1.82, 2.24) is 4.57 Å². The third-order valence-corrected chi connectivity index (χ3v) is 3.14. The van der Waals surface area contributed by atoms with Crippen LogP contribution in [0.4, 0.5) is 0 Å². The number of para-hydroxylation sites is 1. The molecule has 5 nitrogen and oxygen atoms in total. The molecule has 0 amide bonds. The number of fused-ring (bicyclic) bond motifs is 1. The lowest BCUT2D eigenvalue weighted by Gasteiger charge is -2.09. The summed E-state index contributed by atoms with van der Waals surface area (Å²) in [6.45, 7) is 1.91. The van der Waals surface area contributed by atoms with Crippen LogP contribution in [0.2, 0.25) is 0 Å². The molecule has 0 N–H and O–H groups in total. The minimum absolute atomic E-state index is 0.00500. The van der Waals surface area contributed by atoms with Crippen molar-refractivity contribution in [2.45, 2.75) is 6.92 Å². The Morgan fingerprint density at radius 3 is 2.71 bits per heavy atom. The maximum atomic E-state index is 12.3. The van der Waals surface area contributed by atoms with Crippen molar-refractivity contribution in [3.05, 3.63) is 64.6 Å². The number of nitrogens with zero attached hydrogens (tertiary/aromatic N) is 1. The smallest absolute Gasteiger partial charge is 0.343 e. The first-order chi connectivity index (χ1) is 10.2. The number of aromatic nitrogens is 1. The molecule has 0 spiro atoms. The second-order valence-electron chi connectivity index (χ2n) is 4.44. The molecule has 0 fully saturated rings. The summed E-state index contributed by atoms with van der Waals surface area (Å²) in [4.78, 5) is 24.3. The molecule has 0 unspecified atom stereocenters. The van der Waals surface area contributed by atoms with Crippen LogP contribution in [0.5, 0.6) is 0 Å². The van der Waals surface area contributed by atoms with Crippen LogP contribution in [0.3, 0.4) is 0 Å². The Balaban J connectivity index is 2.30. The van der Waals surface area contributed by atoms with Gasteiger partial charge in [0.25, 0.3) is 0 Å². The predicted octanol–water partition coefficient (Wildman–Crippen LogP) is 2.76. The molecule has 0 saturated heterocycles. The molecular weight excluding hydrogens is 270 g/mol. The highest BCUT2D eigenvalue weighted by molar-refractivity contribution is 5.93. The second-order valence-corrected chi connectivity index (χ2v) is 4.44. The minimum atomic E-state index is -0.629. The van der Waals surface area contributed by atoms with E-state index in [1.54, 1.807) is 17.6 Å². The number of pyridine rings is 1. The molecule has 0 atom stereocenters. The Bertz CT molecular complexity index is 846. The van der Waals surface area contributed by atoms with Crippen LogP contribution < -0.4 is 5.43 Å². The molecule has 0 aliphatic rings. The minimum Gasteiger partial charge on any atom is -0.462 e. The van der Waals surface area contributed by atoms with Gasteiger partial charge in [0.15, 0.2) is 0 Å². The van der Waals surface area contributed by atoms with Crippen LogP contribution in [0.15, 0.2) is 58.1 Å². The molecule has 1 aromatic carbocycles. The highest BCUT2D eigenvalue weighted by Crippen LogP contribution is 2.18. The van der Waals surface area contributed by atoms with E-state index >= 15 is 0 Å². The van der Waals surface area contributed by atoms with E-state index in [0.717, 1.165) is 5.69 Å². The molecular formula is C16H13NO4. The first-order valence-corrected chi connectivity index (χ1v) is 6.57. The lowest BCUT2D eigenvalue weighted by Crippen LogP contribution is -2.19. The van der Waals surface area contributed by atoms with Crippen molar-refractivity contribution in [1.29, 1.82) is 0 Å². The first-order valence-electron chi connectivity index (χ1n) is 6.57. The number of rotatable bonds is 3. The number of hydrogen-bond donors (Lipinski definition) is 0. The molecule has 0 aliphatic carbocycles. The molecule has 0 bridgehead atoms. The lowest BCUT2D eigenvalue weighted by molar-refractivity contribution is 0.0524. The van der Waals surface area contributed by atoms with Gasteiger partial charge in [-0.05, 0) is 25.1 Å². The summed E-state index contributed by atoms with van der Waals surface area (Å²) in [6.07, 6.45) is 2.89. The SMILES string of the molecule is CCOC(=O)c1cn(-c2ccccc2)c2occc2c1=O. The second kappa shape index (κ2) is 5.28. The molecule has 21 heavy (non-hydrogen) atoms. The van der Waals surface area contributed by atoms with E-state index in [1.165, 1.54) is 12.5 Å².